The SMILES string of the molecule is CC(C1CCC1)N1C(=O)CNC1c1cccc(F)c1. The van der Waals surface area contributed by atoms with Crippen molar-refractivity contribution in [3.63, 3.8) is 0 Å². The van der Waals surface area contributed by atoms with E-state index in [4.69, 9.17) is 0 Å². The molecule has 1 saturated heterocycles. The van der Waals surface area contributed by atoms with Gasteiger partial charge < -0.3 is 4.90 Å². The lowest BCUT2D eigenvalue weighted by Crippen LogP contribution is -2.44. The van der Waals surface area contributed by atoms with Crippen molar-refractivity contribution >= 4 is 5.91 Å². The summed E-state index contributed by atoms with van der Waals surface area (Å²) in [5.74, 6) is 0.462. The normalized spacial score (nSPS) is 25.5. The predicted octanol–water partition coefficient (Wildman–Crippen LogP) is 2.44. The number of nitrogens with one attached hydrogen (secondary N) is 1. The quantitative estimate of drug-likeness (QED) is 0.907. The minimum absolute atomic E-state index is 0.119. The molecule has 1 amide bonds. The standard InChI is InChI=1S/C15H19FN2O/c1-10(11-4-2-5-11)18-14(19)9-17-15(18)12-6-3-7-13(16)8-12/h3,6-8,10-11,15,17H,2,4-5,9H2,1H3. The van der Waals surface area contributed by atoms with Gasteiger partial charge in [-0.15, -0.1) is 0 Å². The number of nitrogens with zero attached hydrogens (tertiary/aromatic N) is 1. The average Bonchev–Trinajstić information content (AvgIpc) is 2.68. The van der Waals surface area contributed by atoms with Crippen LogP contribution in [0.15, 0.2) is 24.3 Å². The van der Waals surface area contributed by atoms with Gasteiger partial charge in [-0.25, -0.2) is 4.39 Å². The number of benzene rings is 1. The Labute approximate surface area is 112 Å². The Kier molecular flexibility index (Phi) is 3.27. The maximum Gasteiger partial charge on any atom is 0.238 e. The molecule has 0 aromatic heterocycles. The number of hydrogen-bond donors (Lipinski definition) is 1. The Morgan fingerprint density at radius 2 is 2.21 bits per heavy atom. The van der Waals surface area contributed by atoms with Gasteiger partial charge in [-0.3, -0.25) is 10.1 Å². The Morgan fingerprint density at radius 3 is 2.84 bits per heavy atom. The first-order chi connectivity index (χ1) is 9.16. The first kappa shape index (κ1) is 12.6. The van der Waals surface area contributed by atoms with E-state index in [9.17, 15) is 9.18 Å². The maximum absolute atomic E-state index is 13.4. The lowest BCUT2D eigenvalue weighted by molar-refractivity contribution is -0.131. The Hall–Kier alpha value is -1.42. The molecule has 1 aliphatic carbocycles. The molecule has 1 aromatic carbocycles. The van der Waals surface area contributed by atoms with Crippen LogP contribution >= 0.6 is 0 Å². The molecule has 1 saturated carbocycles. The molecule has 1 aromatic rings. The number of carbonyl (C=O) groups excluding carboxylic acids is 1. The Balaban J connectivity index is 1.85. The molecule has 3 rings (SSSR count). The minimum atomic E-state index is -0.255. The summed E-state index contributed by atoms with van der Waals surface area (Å²) < 4.78 is 13.4. The van der Waals surface area contributed by atoms with Crippen LogP contribution in [-0.4, -0.2) is 23.4 Å². The fraction of sp³-hybridized carbons (Fsp3) is 0.533. The van der Waals surface area contributed by atoms with Crippen molar-refractivity contribution in [2.75, 3.05) is 6.54 Å². The summed E-state index contributed by atoms with van der Waals surface area (Å²) in [5.41, 5.74) is 0.831. The van der Waals surface area contributed by atoms with Crippen molar-refractivity contribution in [1.29, 1.82) is 0 Å². The third kappa shape index (κ3) is 2.25. The van der Waals surface area contributed by atoms with Gasteiger partial charge in [0.15, 0.2) is 0 Å². The van der Waals surface area contributed by atoms with E-state index in [0.29, 0.717) is 12.5 Å². The van der Waals surface area contributed by atoms with Crippen molar-refractivity contribution in [3.05, 3.63) is 35.6 Å². The molecule has 102 valence electrons. The number of carbonyl (C=O) groups is 1. The number of halogens is 1. The molecule has 1 N–H and O–H groups in total. The highest BCUT2D eigenvalue weighted by Crippen LogP contribution is 2.36. The lowest BCUT2D eigenvalue weighted by Gasteiger charge is -2.39. The van der Waals surface area contributed by atoms with Crippen LogP contribution in [0.5, 0.6) is 0 Å². The maximum atomic E-state index is 13.4. The summed E-state index contributed by atoms with van der Waals surface area (Å²) >= 11 is 0. The van der Waals surface area contributed by atoms with Gasteiger partial charge in [0.1, 0.15) is 12.0 Å². The molecule has 3 nitrogen and oxygen atoms in total. The highest BCUT2D eigenvalue weighted by molar-refractivity contribution is 5.81. The monoisotopic (exact) mass is 262 g/mol. The summed E-state index contributed by atoms with van der Waals surface area (Å²) in [5, 5.41) is 3.19. The average molecular weight is 262 g/mol. The van der Waals surface area contributed by atoms with E-state index in [0.717, 1.165) is 5.56 Å². The van der Waals surface area contributed by atoms with Gasteiger partial charge in [-0.2, -0.15) is 0 Å². The van der Waals surface area contributed by atoms with Gasteiger partial charge in [-0.05, 0) is 43.4 Å². The molecule has 19 heavy (non-hydrogen) atoms. The molecule has 1 heterocycles. The molecule has 0 spiro atoms. The van der Waals surface area contributed by atoms with Gasteiger partial charge >= 0.3 is 0 Å². The molecule has 4 heteroatoms. The van der Waals surface area contributed by atoms with Gasteiger partial charge in [0.2, 0.25) is 5.91 Å². The number of rotatable bonds is 3. The highest BCUT2D eigenvalue weighted by Gasteiger charge is 2.39. The first-order valence-electron chi connectivity index (χ1n) is 6.97. The molecular weight excluding hydrogens is 243 g/mol. The Bertz CT molecular complexity index is 487. The molecule has 0 bridgehead atoms. The number of amides is 1. The Morgan fingerprint density at radius 1 is 1.42 bits per heavy atom. The first-order valence-corrected chi connectivity index (χ1v) is 6.97. The molecule has 0 radical (unpaired) electrons. The molecular formula is C15H19FN2O. The minimum Gasteiger partial charge on any atom is -0.319 e. The van der Waals surface area contributed by atoms with Crippen LogP contribution < -0.4 is 5.32 Å². The third-order valence-corrected chi connectivity index (χ3v) is 4.45. The summed E-state index contributed by atoms with van der Waals surface area (Å²) in [4.78, 5) is 14.0. The molecule has 1 aliphatic heterocycles. The zero-order valence-corrected chi connectivity index (χ0v) is 11.1. The number of hydrogen-bond acceptors (Lipinski definition) is 2. The van der Waals surface area contributed by atoms with Gasteiger partial charge in [0.25, 0.3) is 0 Å². The van der Waals surface area contributed by atoms with Crippen molar-refractivity contribution in [2.24, 2.45) is 5.92 Å². The van der Waals surface area contributed by atoms with E-state index in [2.05, 4.69) is 12.2 Å². The summed E-state index contributed by atoms with van der Waals surface area (Å²) in [6.45, 7) is 2.46. The van der Waals surface area contributed by atoms with Crippen LogP contribution in [0.4, 0.5) is 4.39 Å². The van der Waals surface area contributed by atoms with E-state index in [1.165, 1.54) is 31.4 Å². The topological polar surface area (TPSA) is 32.3 Å². The zero-order chi connectivity index (χ0) is 13.4. The van der Waals surface area contributed by atoms with E-state index in [1.54, 1.807) is 6.07 Å². The molecule has 2 atom stereocenters. The van der Waals surface area contributed by atoms with E-state index >= 15 is 0 Å². The second-order valence-electron chi connectivity index (χ2n) is 5.57. The third-order valence-electron chi connectivity index (χ3n) is 4.45. The van der Waals surface area contributed by atoms with Crippen molar-refractivity contribution in [2.45, 2.75) is 38.4 Å². The zero-order valence-electron chi connectivity index (χ0n) is 11.1. The van der Waals surface area contributed by atoms with Gasteiger partial charge in [-0.1, -0.05) is 18.6 Å². The van der Waals surface area contributed by atoms with Crippen LogP contribution in [0, 0.1) is 11.7 Å². The fourth-order valence-corrected chi connectivity index (χ4v) is 3.08. The summed E-state index contributed by atoms with van der Waals surface area (Å²) in [7, 11) is 0. The second kappa shape index (κ2) is 4.93. The molecule has 2 unspecified atom stereocenters. The summed E-state index contributed by atoms with van der Waals surface area (Å²) in [6.07, 6.45) is 3.47. The summed E-state index contributed by atoms with van der Waals surface area (Å²) in [6, 6.07) is 6.74. The van der Waals surface area contributed by atoms with Crippen molar-refractivity contribution in [1.82, 2.24) is 10.2 Å². The second-order valence-corrected chi connectivity index (χ2v) is 5.57. The van der Waals surface area contributed by atoms with Crippen LogP contribution in [0.3, 0.4) is 0 Å². The lowest BCUT2D eigenvalue weighted by atomic mass is 9.79. The highest BCUT2D eigenvalue weighted by atomic mass is 19.1. The van der Waals surface area contributed by atoms with Gasteiger partial charge in [0, 0.05) is 6.04 Å². The van der Waals surface area contributed by atoms with Crippen molar-refractivity contribution in [3.8, 4) is 0 Å². The van der Waals surface area contributed by atoms with E-state index < -0.39 is 0 Å². The van der Waals surface area contributed by atoms with E-state index in [1.807, 2.05) is 11.0 Å². The largest absolute Gasteiger partial charge is 0.319 e. The van der Waals surface area contributed by atoms with Crippen molar-refractivity contribution < 1.29 is 9.18 Å². The van der Waals surface area contributed by atoms with Crippen LogP contribution in [0.1, 0.15) is 37.9 Å². The van der Waals surface area contributed by atoms with E-state index in [-0.39, 0.29) is 23.9 Å². The van der Waals surface area contributed by atoms with Gasteiger partial charge in [0.05, 0.1) is 6.54 Å². The predicted molar refractivity (Wildman–Crippen MR) is 70.8 cm³/mol. The smallest absolute Gasteiger partial charge is 0.238 e. The van der Waals surface area contributed by atoms with Crippen LogP contribution in [0.25, 0.3) is 0 Å². The molecule has 2 fully saturated rings. The van der Waals surface area contributed by atoms with Crippen LogP contribution in [0.2, 0.25) is 0 Å². The van der Waals surface area contributed by atoms with Crippen LogP contribution in [-0.2, 0) is 4.79 Å². The fourth-order valence-electron chi connectivity index (χ4n) is 3.08. The molecule has 2 aliphatic rings.